The van der Waals surface area contributed by atoms with E-state index in [1.807, 2.05) is 42.5 Å². The number of carbonyl (C=O) groups excluding carboxylic acids is 2. The molecule has 3 aromatic rings. The Bertz CT molecular complexity index is 934. The lowest BCUT2D eigenvalue weighted by molar-refractivity contribution is -0.153. The molecule has 0 aliphatic rings. The first kappa shape index (κ1) is 21.0. The third-order valence-electron chi connectivity index (χ3n) is 4.65. The molecule has 152 valence electrons. The van der Waals surface area contributed by atoms with Crippen molar-refractivity contribution in [3.63, 3.8) is 0 Å². The Kier molecular flexibility index (Phi) is 7.11. The molecular formula is C25H23NO4. The van der Waals surface area contributed by atoms with Crippen molar-refractivity contribution in [1.82, 2.24) is 0 Å². The smallest absolute Gasteiger partial charge is 0.326 e. The van der Waals surface area contributed by atoms with Crippen LogP contribution in [-0.4, -0.2) is 17.7 Å². The van der Waals surface area contributed by atoms with Crippen molar-refractivity contribution in [2.75, 3.05) is 0 Å². The molecule has 1 unspecified atom stereocenters. The standard InChI is InChI=1S/C25H23NO4/c1-18(17-22(26)19-11-5-2-6-12-19)23(24(27)29-20-13-7-3-8-14-20)25(28)30-21-15-9-4-10-16-21/h2-16,18,23,26H,17H2,1H3. The summed E-state index contributed by atoms with van der Waals surface area (Å²) in [5.41, 5.74) is 1.09. The summed E-state index contributed by atoms with van der Waals surface area (Å²) in [5, 5.41) is 8.37. The van der Waals surface area contributed by atoms with Gasteiger partial charge in [0.2, 0.25) is 0 Å². The number of benzene rings is 3. The molecule has 0 saturated carbocycles. The molecule has 0 fully saturated rings. The van der Waals surface area contributed by atoms with Crippen molar-refractivity contribution in [3.8, 4) is 11.5 Å². The first-order valence-corrected chi connectivity index (χ1v) is 9.71. The van der Waals surface area contributed by atoms with E-state index in [-0.39, 0.29) is 6.42 Å². The van der Waals surface area contributed by atoms with Gasteiger partial charge in [0.1, 0.15) is 11.5 Å². The third-order valence-corrected chi connectivity index (χ3v) is 4.65. The minimum atomic E-state index is -1.17. The van der Waals surface area contributed by atoms with E-state index < -0.39 is 23.8 Å². The zero-order valence-corrected chi connectivity index (χ0v) is 16.7. The lowest BCUT2D eigenvalue weighted by atomic mass is 9.87. The number of ether oxygens (including phenoxy) is 2. The Balaban J connectivity index is 1.79. The molecule has 0 bridgehead atoms. The topological polar surface area (TPSA) is 76.5 Å². The molecule has 0 aliphatic heterocycles. The fourth-order valence-corrected chi connectivity index (χ4v) is 3.09. The van der Waals surface area contributed by atoms with Crippen molar-refractivity contribution in [2.45, 2.75) is 13.3 Å². The fourth-order valence-electron chi connectivity index (χ4n) is 3.09. The van der Waals surface area contributed by atoms with E-state index >= 15 is 0 Å². The van der Waals surface area contributed by atoms with Crippen LogP contribution in [0.2, 0.25) is 0 Å². The van der Waals surface area contributed by atoms with Crippen molar-refractivity contribution < 1.29 is 19.1 Å². The summed E-state index contributed by atoms with van der Waals surface area (Å²) >= 11 is 0. The molecule has 1 atom stereocenters. The van der Waals surface area contributed by atoms with Gasteiger partial charge in [-0.15, -0.1) is 0 Å². The van der Waals surface area contributed by atoms with Crippen LogP contribution >= 0.6 is 0 Å². The number of hydrogen-bond acceptors (Lipinski definition) is 5. The van der Waals surface area contributed by atoms with E-state index in [0.717, 1.165) is 5.56 Å². The first-order chi connectivity index (χ1) is 14.5. The van der Waals surface area contributed by atoms with Crippen molar-refractivity contribution >= 4 is 17.7 Å². The minimum Gasteiger partial charge on any atom is -0.426 e. The lowest BCUT2D eigenvalue weighted by Gasteiger charge is -2.21. The highest BCUT2D eigenvalue weighted by molar-refractivity contribution is 6.01. The Morgan fingerprint density at radius 3 is 1.57 bits per heavy atom. The largest absolute Gasteiger partial charge is 0.426 e. The maximum atomic E-state index is 12.9. The third kappa shape index (κ3) is 5.64. The number of para-hydroxylation sites is 2. The molecule has 0 saturated heterocycles. The van der Waals surface area contributed by atoms with Crippen molar-refractivity contribution in [1.29, 1.82) is 5.41 Å². The van der Waals surface area contributed by atoms with Crippen LogP contribution in [0.4, 0.5) is 0 Å². The second-order valence-electron chi connectivity index (χ2n) is 6.97. The SMILES string of the molecule is CC(CC(=N)c1ccccc1)C(C(=O)Oc1ccccc1)C(=O)Oc1ccccc1. The molecule has 0 heterocycles. The second-order valence-corrected chi connectivity index (χ2v) is 6.97. The minimum absolute atomic E-state index is 0.225. The molecule has 0 spiro atoms. The van der Waals surface area contributed by atoms with E-state index in [1.165, 1.54) is 0 Å². The van der Waals surface area contributed by atoms with Gasteiger partial charge in [0, 0.05) is 5.71 Å². The van der Waals surface area contributed by atoms with Crippen LogP contribution in [-0.2, 0) is 9.59 Å². The predicted molar refractivity (Wildman–Crippen MR) is 115 cm³/mol. The Labute approximate surface area is 175 Å². The fraction of sp³-hybridized carbons (Fsp3) is 0.160. The number of esters is 2. The van der Waals surface area contributed by atoms with Gasteiger partial charge in [-0.1, -0.05) is 73.7 Å². The molecule has 3 aromatic carbocycles. The Hall–Kier alpha value is -3.73. The van der Waals surface area contributed by atoms with E-state index in [0.29, 0.717) is 17.2 Å². The molecule has 0 radical (unpaired) electrons. The summed E-state index contributed by atoms with van der Waals surface area (Å²) < 4.78 is 10.9. The average Bonchev–Trinajstić information content (AvgIpc) is 2.76. The van der Waals surface area contributed by atoms with Gasteiger partial charge in [0.15, 0.2) is 5.92 Å². The normalized spacial score (nSPS) is 11.5. The van der Waals surface area contributed by atoms with Gasteiger partial charge in [0.05, 0.1) is 0 Å². The van der Waals surface area contributed by atoms with Crippen molar-refractivity contribution in [2.24, 2.45) is 11.8 Å². The molecule has 1 N–H and O–H groups in total. The highest BCUT2D eigenvalue weighted by atomic mass is 16.6. The van der Waals surface area contributed by atoms with E-state index in [1.54, 1.807) is 55.5 Å². The van der Waals surface area contributed by atoms with Gasteiger partial charge in [-0.05, 0) is 42.2 Å². The summed E-state index contributed by atoms with van der Waals surface area (Å²) in [6.45, 7) is 1.75. The van der Waals surface area contributed by atoms with E-state index in [2.05, 4.69) is 0 Å². The van der Waals surface area contributed by atoms with Crippen LogP contribution in [0.25, 0.3) is 0 Å². The van der Waals surface area contributed by atoms with Crippen LogP contribution in [0, 0.1) is 17.2 Å². The quantitative estimate of drug-likeness (QED) is 0.252. The molecule has 5 heteroatoms. The zero-order valence-electron chi connectivity index (χ0n) is 16.7. The van der Waals surface area contributed by atoms with Crippen LogP contribution in [0.1, 0.15) is 18.9 Å². The second kappa shape index (κ2) is 10.2. The zero-order chi connectivity index (χ0) is 21.3. The van der Waals surface area contributed by atoms with Crippen LogP contribution < -0.4 is 9.47 Å². The number of hydrogen-bond donors (Lipinski definition) is 1. The van der Waals surface area contributed by atoms with Gasteiger partial charge in [-0.3, -0.25) is 9.59 Å². The van der Waals surface area contributed by atoms with Gasteiger partial charge < -0.3 is 14.9 Å². The predicted octanol–water partition coefficient (Wildman–Crippen LogP) is 4.91. The summed E-state index contributed by atoms with van der Waals surface area (Å²) in [6.07, 6.45) is 0.225. The molecule has 0 aliphatic carbocycles. The molecule has 0 aromatic heterocycles. The molecular weight excluding hydrogens is 378 g/mol. The Morgan fingerprint density at radius 2 is 1.13 bits per heavy atom. The molecule has 0 amide bonds. The van der Waals surface area contributed by atoms with Gasteiger partial charge >= 0.3 is 11.9 Å². The van der Waals surface area contributed by atoms with Gasteiger partial charge in [-0.25, -0.2) is 0 Å². The maximum absolute atomic E-state index is 12.9. The highest BCUT2D eigenvalue weighted by Gasteiger charge is 2.36. The first-order valence-electron chi connectivity index (χ1n) is 9.71. The summed E-state index contributed by atoms with van der Waals surface area (Å²) in [7, 11) is 0. The van der Waals surface area contributed by atoms with E-state index in [9.17, 15) is 9.59 Å². The maximum Gasteiger partial charge on any atom is 0.326 e. The lowest BCUT2D eigenvalue weighted by Crippen LogP contribution is -2.37. The molecule has 3 rings (SSSR count). The average molecular weight is 401 g/mol. The van der Waals surface area contributed by atoms with Crippen LogP contribution in [0.5, 0.6) is 11.5 Å². The number of rotatable bonds is 8. The van der Waals surface area contributed by atoms with E-state index in [4.69, 9.17) is 14.9 Å². The monoisotopic (exact) mass is 401 g/mol. The van der Waals surface area contributed by atoms with Crippen LogP contribution in [0.15, 0.2) is 91.0 Å². The summed E-state index contributed by atoms with van der Waals surface area (Å²) in [4.78, 5) is 25.8. The number of nitrogens with one attached hydrogen (secondary N) is 1. The molecule has 5 nitrogen and oxygen atoms in total. The van der Waals surface area contributed by atoms with Crippen LogP contribution in [0.3, 0.4) is 0 Å². The Morgan fingerprint density at radius 1 is 0.733 bits per heavy atom. The van der Waals surface area contributed by atoms with Gasteiger partial charge in [-0.2, -0.15) is 0 Å². The van der Waals surface area contributed by atoms with Gasteiger partial charge in [0.25, 0.3) is 0 Å². The van der Waals surface area contributed by atoms with Crippen molar-refractivity contribution in [3.05, 3.63) is 96.6 Å². The summed E-state index contributed by atoms with van der Waals surface area (Å²) in [6, 6.07) is 26.4. The summed E-state index contributed by atoms with van der Waals surface area (Å²) in [5.74, 6) is -2.36. The highest BCUT2D eigenvalue weighted by Crippen LogP contribution is 2.24. The number of carbonyl (C=O) groups is 2. The molecule has 30 heavy (non-hydrogen) atoms.